The van der Waals surface area contributed by atoms with Crippen LogP contribution >= 0.6 is 11.6 Å². The van der Waals surface area contributed by atoms with E-state index in [0.29, 0.717) is 22.8 Å². The molecule has 1 aromatic heterocycles. The summed E-state index contributed by atoms with van der Waals surface area (Å²) in [5, 5.41) is 21.9. The lowest BCUT2D eigenvalue weighted by Gasteiger charge is -2.57. The first-order valence-corrected chi connectivity index (χ1v) is 13.4. The molecule has 8 rings (SSSR count). The van der Waals surface area contributed by atoms with Crippen LogP contribution in [0.15, 0.2) is 48.8 Å². The Bertz CT molecular complexity index is 1320. The largest absolute Gasteiger partial charge is 0.351 e. The van der Waals surface area contributed by atoms with Gasteiger partial charge in [-0.15, -0.1) is 0 Å². The van der Waals surface area contributed by atoms with E-state index >= 15 is 4.79 Å². The van der Waals surface area contributed by atoms with E-state index in [1.807, 2.05) is 42.5 Å². The summed E-state index contributed by atoms with van der Waals surface area (Å²) in [6.45, 7) is 0. The topological polar surface area (TPSA) is 80.8 Å². The van der Waals surface area contributed by atoms with Gasteiger partial charge in [0.05, 0.1) is 24.2 Å². The van der Waals surface area contributed by atoms with E-state index in [9.17, 15) is 10.5 Å². The monoisotopic (exact) mass is 494 g/mol. The second-order valence-corrected chi connectivity index (χ2v) is 12.2. The van der Waals surface area contributed by atoms with Crippen molar-refractivity contribution in [3.8, 4) is 12.1 Å². The number of pyridine rings is 1. The van der Waals surface area contributed by atoms with Crippen LogP contribution in [0.3, 0.4) is 0 Å². The van der Waals surface area contributed by atoms with Gasteiger partial charge < -0.3 is 4.90 Å². The number of Topliss-reactive ketones (excluding diaryl/α,β-unsaturated/α-hetero) is 1. The zero-order valence-corrected chi connectivity index (χ0v) is 20.7. The summed E-state index contributed by atoms with van der Waals surface area (Å²) in [4.78, 5) is 21.4. The molecule has 1 aromatic carbocycles. The normalized spacial score (nSPS) is 36.6. The molecule has 0 spiro atoms. The van der Waals surface area contributed by atoms with Crippen LogP contribution in [0, 0.1) is 51.2 Å². The highest BCUT2D eigenvalue weighted by Crippen LogP contribution is 2.63. The number of carbonyl (C=O) groups excluding carboxylic acids is 1. The minimum Gasteiger partial charge on any atom is -0.351 e. The zero-order chi connectivity index (χ0) is 24.7. The lowest BCUT2D eigenvalue weighted by atomic mass is 9.47. The van der Waals surface area contributed by atoms with E-state index in [-0.39, 0.29) is 11.2 Å². The van der Waals surface area contributed by atoms with Gasteiger partial charge in [0, 0.05) is 34.4 Å². The highest BCUT2D eigenvalue weighted by atomic mass is 35.5. The Morgan fingerprint density at radius 1 is 1.06 bits per heavy atom. The van der Waals surface area contributed by atoms with Crippen molar-refractivity contribution >= 4 is 29.1 Å². The molecule has 3 atom stereocenters. The molecule has 0 N–H and O–H groups in total. The van der Waals surface area contributed by atoms with Gasteiger partial charge in [0.1, 0.15) is 0 Å². The molecule has 36 heavy (non-hydrogen) atoms. The molecule has 4 aliphatic carbocycles. The predicted octanol–water partition coefficient (Wildman–Crippen LogP) is 5.92. The number of hydrogen-bond acceptors (Lipinski definition) is 5. The number of anilines is 1. The number of halogens is 1. The summed E-state index contributed by atoms with van der Waals surface area (Å²) in [6, 6.07) is 13.1. The molecule has 4 saturated carbocycles. The van der Waals surface area contributed by atoms with Crippen LogP contribution in [0.1, 0.15) is 55.6 Å². The summed E-state index contributed by atoms with van der Waals surface area (Å²) in [7, 11) is 0. The van der Waals surface area contributed by atoms with Crippen molar-refractivity contribution in [2.75, 3.05) is 4.90 Å². The van der Waals surface area contributed by atoms with E-state index < -0.39 is 23.4 Å². The molecule has 5 nitrogen and oxygen atoms in total. The van der Waals surface area contributed by atoms with Gasteiger partial charge in [0.25, 0.3) is 0 Å². The van der Waals surface area contributed by atoms with Crippen molar-refractivity contribution < 1.29 is 4.79 Å². The SMILES string of the molecule is N#CC1(C#N)[C@H](c2cccnc2)[C@@H](C(=O)C23CC4CC(CC(C4)C2)C3)N2c3ccc(Cl)cc3C=C[C@H]21. The Kier molecular flexibility index (Phi) is 4.71. The molecule has 5 fully saturated rings. The van der Waals surface area contributed by atoms with Crippen LogP contribution in [0.4, 0.5) is 5.69 Å². The molecule has 6 heteroatoms. The maximum Gasteiger partial charge on any atom is 0.176 e. The number of nitriles is 2. The van der Waals surface area contributed by atoms with Crippen molar-refractivity contribution in [3.05, 3.63) is 65.0 Å². The number of hydrogen-bond donors (Lipinski definition) is 0. The van der Waals surface area contributed by atoms with Gasteiger partial charge in [-0.2, -0.15) is 10.5 Å². The van der Waals surface area contributed by atoms with Crippen LogP contribution in [0.25, 0.3) is 6.08 Å². The van der Waals surface area contributed by atoms with Gasteiger partial charge >= 0.3 is 0 Å². The maximum absolute atomic E-state index is 15.0. The van der Waals surface area contributed by atoms with Gasteiger partial charge in [-0.05, 0) is 91.7 Å². The molecule has 2 aromatic rings. The number of nitrogens with zero attached hydrogens (tertiary/aromatic N) is 4. The first-order chi connectivity index (χ1) is 17.5. The van der Waals surface area contributed by atoms with Crippen molar-refractivity contribution in [1.82, 2.24) is 4.98 Å². The lowest BCUT2D eigenvalue weighted by Crippen LogP contribution is -2.56. The molecule has 3 heterocycles. The molecule has 1 saturated heterocycles. The summed E-state index contributed by atoms with van der Waals surface area (Å²) in [5.41, 5.74) is 0.787. The summed E-state index contributed by atoms with van der Waals surface area (Å²) in [6.07, 6.45) is 13.9. The van der Waals surface area contributed by atoms with E-state index in [1.165, 1.54) is 19.3 Å². The maximum atomic E-state index is 15.0. The third-order valence-corrected chi connectivity index (χ3v) is 10.1. The smallest absolute Gasteiger partial charge is 0.176 e. The van der Waals surface area contributed by atoms with Crippen LogP contribution in [-0.4, -0.2) is 22.9 Å². The number of benzene rings is 1. The summed E-state index contributed by atoms with van der Waals surface area (Å²) in [5.74, 6) is 1.50. The first-order valence-electron chi connectivity index (χ1n) is 13.0. The first kappa shape index (κ1) is 22.1. The van der Waals surface area contributed by atoms with E-state index in [2.05, 4.69) is 22.0 Å². The van der Waals surface area contributed by atoms with Crippen molar-refractivity contribution in [3.63, 3.8) is 0 Å². The van der Waals surface area contributed by atoms with Gasteiger partial charge in [-0.1, -0.05) is 29.8 Å². The molecule has 4 bridgehead atoms. The highest BCUT2D eigenvalue weighted by Gasteiger charge is 2.67. The zero-order valence-electron chi connectivity index (χ0n) is 20.0. The Morgan fingerprint density at radius 3 is 2.36 bits per heavy atom. The minimum absolute atomic E-state index is 0.226. The fourth-order valence-corrected chi connectivity index (χ4v) is 9.10. The van der Waals surface area contributed by atoms with Crippen LogP contribution in [0.5, 0.6) is 0 Å². The average Bonchev–Trinajstić information content (AvgIpc) is 3.18. The van der Waals surface area contributed by atoms with E-state index in [1.54, 1.807) is 12.4 Å². The van der Waals surface area contributed by atoms with Gasteiger partial charge in [-0.25, -0.2) is 0 Å². The molecule has 0 amide bonds. The van der Waals surface area contributed by atoms with Crippen LogP contribution in [-0.2, 0) is 4.79 Å². The Balaban J connectivity index is 1.44. The third-order valence-electron chi connectivity index (χ3n) is 9.84. The van der Waals surface area contributed by atoms with Crippen LogP contribution < -0.4 is 4.90 Å². The number of aromatic nitrogens is 1. The Morgan fingerprint density at radius 2 is 1.75 bits per heavy atom. The fraction of sp³-hybridized carbons (Fsp3) is 0.467. The third kappa shape index (κ3) is 2.87. The predicted molar refractivity (Wildman–Crippen MR) is 137 cm³/mol. The molecule has 0 radical (unpaired) electrons. The molecular weight excluding hydrogens is 468 g/mol. The van der Waals surface area contributed by atoms with Crippen LogP contribution in [0.2, 0.25) is 5.02 Å². The van der Waals surface area contributed by atoms with E-state index in [0.717, 1.165) is 36.1 Å². The standard InChI is InChI=1S/C30H27ClN4O/c31-23-4-5-24-21(11-23)3-6-25-30(16-32,17-33)26(22-2-1-7-34-15-22)27(35(24)25)28(36)29-12-18-8-19(13-29)10-20(9-18)14-29/h1-7,11,15,18-20,25-27H,8-10,12-14H2/t18?,19?,20?,25-,26+,27-,29?/m0/s1. The van der Waals surface area contributed by atoms with Gasteiger partial charge in [0.2, 0.25) is 0 Å². The second kappa shape index (κ2) is 7.67. The minimum atomic E-state index is -1.42. The van der Waals surface area contributed by atoms with Crippen molar-refractivity contribution in [2.24, 2.45) is 28.6 Å². The second-order valence-electron chi connectivity index (χ2n) is 11.8. The molecule has 0 unspecified atom stereocenters. The van der Waals surface area contributed by atoms with E-state index in [4.69, 9.17) is 11.6 Å². The van der Waals surface area contributed by atoms with Crippen molar-refractivity contribution in [2.45, 2.75) is 56.5 Å². The van der Waals surface area contributed by atoms with Gasteiger partial charge in [0.15, 0.2) is 11.2 Å². The molecule has 2 aliphatic heterocycles. The quantitative estimate of drug-likeness (QED) is 0.528. The molecule has 6 aliphatic rings. The highest BCUT2D eigenvalue weighted by molar-refractivity contribution is 6.30. The number of carbonyl (C=O) groups is 1. The van der Waals surface area contributed by atoms with Gasteiger partial charge in [-0.3, -0.25) is 9.78 Å². The number of fused-ring (bicyclic) bond motifs is 3. The number of ketones is 1. The average molecular weight is 495 g/mol. The molecular formula is C30H27ClN4O. The number of rotatable bonds is 3. The lowest BCUT2D eigenvalue weighted by molar-refractivity contribution is -0.145. The summed E-state index contributed by atoms with van der Waals surface area (Å²) < 4.78 is 0. The Hall–Kier alpha value is -3.15. The Labute approximate surface area is 216 Å². The fourth-order valence-electron chi connectivity index (χ4n) is 8.92. The van der Waals surface area contributed by atoms with Crippen molar-refractivity contribution in [1.29, 1.82) is 10.5 Å². The summed E-state index contributed by atoms with van der Waals surface area (Å²) >= 11 is 6.33. The molecule has 180 valence electrons.